The first-order chi connectivity index (χ1) is 26.5. The Bertz CT molecular complexity index is 2920. The van der Waals surface area contributed by atoms with E-state index in [1.54, 1.807) is 0 Å². The molecule has 0 spiro atoms. The molecule has 0 N–H and O–H groups in total. The minimum absolute atomic E-state index is 0.298. The minimum Gasteiger partial charge on any atom is -0.310 e. The molecule has 2 heteroatoms. The first kappa shape index (κ1) is 31.3. The minimum atomic E-state index is -0.306. The van der Waals surface area contributed by atoms with Gasteiger partial charge in [-0.3, -0.25) is 0 Å². The molecule has 1 aromatic heterocycles. The zero-order valence-electron chi connectivity index (χ0n) is 30.3. The third-order valence-corrected chi connectivity index (χ3v) is 13.6. The number of fused-ring (bicyclic) bond motifs is 9. The predicted molar refractivity (Wildman–Crippen MR) is 229 cm³/mol. The lowest BCUT2D eigenvalue weighted by Crippen LogP contribution is -2.23. The average Bonchev–Trinajstić information content (AvgIpc) is 3.83. The summed E-state index contributed by atoms with van der Waals surface area (Å²) < 4.78 is 2.62. The zero-order chi connectivity index (χ0) is 36.0. The van der Waals surface area contributed by atoms with Crippen LogP contribution in [0.4, 0.5) is 17.1 Å². The van der Waals surface area contributed by atoms with Gasteiger partial charge in [0.1, 0.15) is 0 Å². The molecule has 2 aliphatic rings. The van der Waals surface area contributed by atoms with Crippen LogP contribution in [-0.4, -0.2) is 0 Å². The molecular formula is C52H37NS. The van der Waals surface area contributed by atoms with E-state index >= 15 is 0 Å². The molecule has 54 heavy (non-hydrogen) atoms. The van der Waals surface area contributed by atoms with Crippen molar-refractivity contribution in [2.45, 2.75) is 24.7 Å². The second-order valence-electron chi connectivity index (χ2n) is 15.1. The van der Waals surface area contributed by atoms with Crippen molar-refractivity contribution in [1.29, 1.82) is 0 Å². The van der Waals surface area contributed by atoms with Gasteiger partial charge in [-0.25, -0.2) is 0 Å². The summed E-state index contributed by atoms with van der Waals surface area (Å²) >= 11 is 1.87. The zero-order valence-corrected chi connectivity index (χ0v) is 31.1. The Kier molecular flexibility index (Phi) is 6.75. The lowest BCUT2D eigenvalue weighted by molar-refractivity contribution is 0.713. The van der Waals surface area contributed by atoms with E-state index in [1.807, 2.05) is 11.3 Å². The molecule has 1 heterocycles. The Labute approximate surface area is 320 Å². The normalized spacial score (nSPS) is 18.0. The van der Waals surface area contributed by atoms with Gasteiger partial charge >= 0.3 is 0 Å². The van der Waals surface area contributed by atoms with Gasteiger partial charge in [0.15, 0.2) is 0 Å². The molecule has 0 saturated carbocycles. The molecule has 0 aliphatic heterocycles. The monoisotopic (exact) mass is 707 g/mol. The van der Waals surface area contributed by atoms with Crippen LogP contribution in [0.25, 0.3) is 42.4 Å². The maximum absolute atomic E-state index is 2.53. The van der Waals surface area contributed by atoms with Crippen LogP contribution < -0.4 is 4.90 Å². The second kappa shape index (κ2) is 11.6. The van der Waals surface area contributed by atoms with Gasteiger partial charge in [0.2, 0.25) is 0 Å². The van der Waals surface area contributed by atoms with Crippen molar-refractivity contribution in [3.8, 4) is 22.3 Å². The van der Waals surface area contributed by atoms with Gasteiger partial charge in [-0.15, -0.1) is 11.3 Å². The molecule has 11 rings (SSSR count). The molecule has 1 nitrogen and oxygen atoms in total. The van der Waals surface area contributed by atoms with Crippen LogP contribution in [0, 0.1) is 0 Å². The molecule has 256 valence electrons. The number of hydrogen-bond acceptors (Lipinski definition) is 2. The smallest absolute Gasteiger partial charge is 0.0543 e. The van der Waals surface area contributed by atoms with Crippen LogP contribution in [0.1, 0.15) is 47.2 Å². The van der Waals surface area contributed by atoms with Crippen molar-refractivity contribution in [1.82, 2.24) is 0 Å². The van der Waals surface area contributed by atoms with Crippen LogP contribution in [-0.2, 0) is 10.8 Å². The summed E-state index contributed by atoms with van der Waals surface area (Å²) in [5.41, 5.74) is 16.1. The van der Waals surface area contributed by atoms with Crippen LogP contribution in [0.2, 0.25) is 0 Å². The number of nitrogens with zero attached hydrogens (tertiary/aromatic N) is 1. The third-order valence-electron chi connectivity index (χ3n) is 12.4. The van der Waals surface area contributed by atoms with Gasteiger partial charge in [0, 0.05) is 47.9 Å². The second-order valence-corrected chi connectivity index (χ2v) is 16.2. The van der Waals surface area contributed by atoms with Crippen LogP contribution in [0.3, 0.4) is 0 Å². The highest BCUT2D eigenvalue weighted by Gasteiger charge is 2.44. The van der Waals surface area contributed by atoms with Crippen LogP contribution >= 0.6 is 11.3 Å². The van der Waals surface area contributed by atoms with E-state index in [-0.39, 0.29) is 10.8 Å². The Morgan fingerprint density at radius 3 is 1.69 bits per heavy atom. The number of benzene rings is 8. The lowest BCUT2D eigenvalue weighted by Gasteiger charge is -2.32. The molecule has 9 aromatic rings. The maximum atomic E-state index is 2.53. The molecule has 0 bridgehead atoms. The fourth-order valence-electron chi connectivity index (χ4n) is 9.77. The summed E-state index contributed by atoms with van der Waals surface area (Å²) in [6.07, 6.45) is 0. The Balaban J connectivity index is 1.20. The lowest BCUT2D eigenvalue weighted by atomic mass is 9.74. The van der Waals surface area contributed by atoms with Crippen molar-refractivity contribution in [3.63, 3.8) is 0 Å². The standard InChI is InChI=1S/C52H37NS/c1-51(34-16-5-3-6-17-34)44-24-13-10-22-41(44)50-45(51)25-15-26-47(50)53(36-29-31-49-42(32-36)40-21-11-14-27-48(40)54-49)37-28-30-39-38-20-9-12-23-43(38)52(2,46(39)33-37)35-18-7-4-8-19-35/h3-33H,1-2H3. The SMILES string of the molecule is CC1(c2ccccc2)c2ccccc2-c2ccc(N(c3ccc4sc5ccccc5c4c3)c3cccc4c3-c3ccccc3C4(C)c3ccccc3)cc21. The van der Waals surface area contributed by atoms with Crippen molar-refractivity contribution in [2.75, 3.05) is 4.90 Å². The third kappa shape index (κ3) is 4.26. The van der Waals surface area contributed by atoms with E-state index in [9.17, 15) is 0 Å². The Hall–Kier alpha value is -6.22. The molecule has 8 aromatic carbocycles. The van der Waals surface area contributed by atoms with Crippen molar-refractivity contribution >= 4 is 48.6 Å². The van der Waals surface area contributed by atoms with E-state index in [0.29, 0.717) is 0 Å². The number of rotatable bonds is 5. The van der Waals surface area contributed by atoms with E-state index in [1.165, 1.54) is 81.5 Å². The number of hydrogen-bond donors (Lipinski definition) is 0. The topological polar surface area (TPSA) is 3.24 Å². The summed E-state index contributed by atoms with van der Waals surface area (Å²) in [7, 11) is 0. The molecular weight excluding hydrogens is 671 g/mol. The van der Waals surface area contributed by atoms with E-state index in [0.717, 1.165) is 11.4 Å². The molecule has 0 saturated heterocycles. The fourth-order valence-corrected chi connectivity index (χ4v) is 10.9. The van der Waals surface area contributed by atoms with Crippen molar-refractivity contribution < 1.29 is 0 Å². The number of thiophene rings is 1. The van der Waals surface area contributed by atoms with Crippen molar-refractivity contribution in [3.05, 3.63) is 221 Å². The summed E-state index contributed by atoms with van der Waals surface area (Å²) in [6, 6.07) is 70.1. The predicted octanol–water partition coefficient (Wildman–Crippen LogP) is 14.2. The van der Waals surface area contributed by atoms with E-state index in [4.69, 9.17) is 0 Å². The highest BCUT2D eigenvalue weighted by atomic mass is 32.1. The van der Waals surface area contributed by atoms with E-state index in [2.05, 4.69) is 207 Å². The van der Waals surface area contributed by atoms with Gasteiger partial charge in [0.05, 0.1) is 5.69 Å². The summed E-state index contributed by atoms with van der Waals surface area (Å²) in [4.78, 5) is 2.53. The average molecular weight is 708 g/mol. The fraction of sp³-hybridized carbons (Fsp3) is 0.0769. The van der Waals surface area contributed by atoms with Gasteiger partial charge in [-0.2, -0.15) is 0 Å². The van der Waals surface area contributed by atoms with Crippen LogP contribution in [0.15, 0.2) is 188 Å². The molecule has 0 fully saturated rings. The van der Waals surface area contributed by atoms with E-state index < -0.39 is 0 Å². The largest absolute Gasteiger partial charge is 0.310 e. The summed E-state index contributed by atoms with van der Waals surface area (Å²) in [6.45, 7) is 4.81. The van der Waals surface area contributed by atoms with Gasteiger partial charge in [0.25, 0.3) is 0 Å². The first-order valence-corrected chi connectivity index (χ1v) is 19.7. The molecule has 2 unspecified atom stereocenters. The van der Waals surface area contributed by atoms with Crippen molar-refractivity contribution in [2.24, 2.45) is 0 Å². The quantitative estimate of drug-likeness (QED) is 0.172. The Morgan fingerprint density at radius 2 is 0.926 bits per heavy atom. The van der Waals surface area contributed by atoms with Gasteiger partial charge < -0.3 is 4.90 Å². The highest BCUT2D eigenvalue weighted by Crippen LogP contribution is 2.58. The summed E-state index contributed by atoms with van der Waals surface area (Å²) in [5, 5.41) is 2.60. The van der Waals surface area contributed by atoms with Gasteiger partial charge in [-0.1, -0.05) is 146 Å². The molecule has 2 aliphatic carbocycles. The molecule has 0 amide bonds. The first-order valence-electron chi connectivity index (χ1n) is 18.9. The number of anilines is 3. The Morgan fingerprint density at radius 1 is 0.389 bits per heavy atom. The highest BCUT2D eigenvalue weighted by molar-refractivity contribution is 7.25. The van der Waals surface area contributed by atoms with Gasteiger partial charge in [-0.05, 0) is 106 Å². The maximum Gasteiger partial charge on any atom is 0.0543 e. The van der Waals surface area contributed by atoms with Crippen LogP contribution in [0.5, 0.6) is 0 Å². The molecule has 0 radical (unpaired) electrons. The molecule has 2 atom stereocenters. The summed E-state index contributed by atoms with van der Waals surface area (Å²) in [5.74, 6) is 0.